The van der Waals surface area contributed by atoms with Crippen LogP contribution in [0.15, 0.2) is 48.7 Å². The van der Waals surface area contributed by atoms with Crippen LogP contribution in [-0.2, 0) is 10.2 Å². The van der Waals surface area contributed by atoms with Crippen LogP contribution < -0.4 is 5.32 Å². The second-order valence-corrected chi connectivity index (χ2v) is 5.94. The van der Waals surface area contributed by atoms with Crippen LogP contribution in [-0.4, -0.2) is 16.1 Å². The summed E-state index contributed by atoms with van der Waals surface area (Å²) in [6.07, 6.45) is 2.70. The van der Waals surface area contributed by atoms with Crippen molar-refractivity contribution in [3.8, 4) is 0 Å². The number of nitrogens with zero attached hydrogens (tertiary/aromatic N) is 1. The van der Waals surface area contributed by atoms with Crippen LogP contribution in [0.2, 0.25) is 0 Å². The van der Waals surface area contributed by atoms with E-state index in [0.29, 0.717) is 0 Å². The molecule has 0 bridgehead atoms. The number of H-pyrrole nitrogens is 1. The number of aromatic amines is 1. The van der Waals surface area contributed by atoms with Crippen LogP contribution in [0.4, 0.5) is 5.69 Å². The predicted molar refractivity (Wildman–Crippen MR) is 80.2 cm³/mol. The van der Waals surface area contributed by atoms with Crippen molar-refractivity contribution in [1.82, 2.24) is 10.2 Å². The van der Waals surface area contributed by atoms with Gasteiger partial charge in [0.15, 0.2) is 0 Å². The molecule has 2 aromatic carbocycles. The van der Waals surface area contributed by atoms with Gasteiger partial charge in [-0.25, -0.2) is 0 Å². The van der Waals surface area contributed by atoms with E-state index in [1.54, 1.807) is 0 Å². The number of benzene rings is 2. The maximum Gasteiger partial charge on any atom is 0.235 e. The Kier molecular flexibility index (Phi) is 1.86. The molecule has 0 saturated heterocycles. The first-order valence-electron chi connectivity index (χ1n) is 7.13. The smallest absolute Gasteiger partial charge is 0.235 e. The minimum absolute atomic E-state index is 0.137. The molecule has 4 heteroatoms. The van der Waals surface area contributed by atoms with Gasteiger partial charge in [-0.3, -0.25) is 9.89 Å². The molecule has 1 amide bonds. The van der Waals surface area contributed by atoms with Crippen molar-refractivity contribution in [3.05, 3.63) is 59.8 Å². The Bertz CT molecular complexity index is 898. The van der Waals surface area contributed by atoms with E-state index in [-0.39, 0.29) is 17.2 Å². The number of nitrogens with one attached hydrogen (secondary N) is 2. The SMILES string of the molecule is O=C1Nc2ccccc2[C@]12C[C@@H]2c1ccc2cn[nH]c2c1. The molecule has 1 spiro atoms. The lowest BCUT2D eigenvalue weighted by atomic mass is 9.92. The number of rotatable bonds is 1. The molecule has 2 N–H and O–H groups in total. The second kappa shape index (κ2) is 3.52. The fourth-order valence-corrected chi connectivity index (χ4v) is 3.72. The third-order valence-corrected chi connectivity index (χ3v) is 4.89. The van der Waals surface area contributed by atoms with E-state index >= 15 is 0 Å². The highest BCUT2D eigenvalue weighted by molar-refractivity contribution is 6.09. The van der Waals surface area contributed by atoms with Gasteiger partial charge in [-0.2, -0.15) is 5.10 Å². The van der Waals surface area contributed by atoms with Gasteiger partial charge in [0.1, 0.15) is 0 Å². The highest BCUT2D eigenvalue weighted by atomic mass is 16.2. The van der Waals surface area contributed by atoms with E-state index in [9.17, 15) is 4.79 Å². The van der Waals surface area contributed by atoms with Gasteiger partial charge in [-0.05, 0) is 29.7 Å². The second-order valence-electron chi connectivity index (χ2n) is 5.94. The van der Waals surface area contributed by atoms with Crippen molar-refractivity contribution < 1.29 is 4.79 Å². The molecule has 4 nitrogen and oxygen atoms in total. The Hall–Kier alpha value is -2.62. The number of amides is 1. The number of fused-ring (bicyclic) bond motifs is 3. The number of hydrogen-bond donors (Lipinski definition) is 2. The molecule has 1 saturated carbocycles. The first-order valence-corrected chi connectivity index (χ1v) is 7.13. The Balaban J connectivity index is 1.63. The van der Waals surface area contributed by atoms with Gasteiger partial charge < -0.3 is 5.32 Å². The molecule has 2 aliphatic rings. The molecule has 5 rings (SSSR count). The first-order chi connectivity index (χ1) is 10.3. The molecular weight excluding hydrogens is 262 g/mol. The highest BCUT2D eigenvalue weighted by Crippen LogP contribution is 2.64. The maximum absolute atomic E-state index is 12.5. The third kappa shape index (κ3) is 1.29. The summed E-state index contributed by atoms with van der Waals surface area (Å²) in [6.45, 7) is 0. The number of para-hydroxylation sites is 1. The summed E-state index contributed by atoms with van der Waals surface area (Å²) in [5.74, 6) is 0.396. The molecule has 1 aliphatic heterocycles. The van der Waals surface area contributed by atoms with E-state index in [2.05, 4.69) is 39.8 Å². The molecule has 3 aromatic rings. The van der Waals surface area contributed by atoms with Gasteiger partial charge in [0.2, 0.25) is 5.91 Å². The zero-order valence-corrected chi connectivity index (χ0v) is 11.3. The first kappa shape index (κ1) is 11.1. The lowest BCUT2D eigenvalue weighted by Gasteiger charge is -2.08. The molecule has 0 unspecified atom stereocenters. The van der Waals surface area contributed by atoms with Crippen molar-refractivity contribution >= 4 is 22.5 Å². The molecule has 2 heterocycles. The van der Waals surface area contributed by atoms with Crippen molar-refractivity contribution in [3.63, 3.8) is 0 Å². The van der Waals surface area contributed by atoms with Crippen molar-refractivity contribution in [1.29, 1.82) is 0 Å². The van der Waals surface area contributed by atoms with Gasteiger partial charge in [-0.1, -0.05) is 30.3 Å². The minimum atomic E-state index is -0.357. The average molecular weight is 275 g/mol. The summed E-state index contributed by atoms with van der Waals surface area (Å²) in [5.41, 5.74) is 3.99. The Morgan fingerprint density at radius 3 is 3.05 bits per heavy atom. The van der Waals surface area contributed by atoms with Crippen LogP contribution in [0.1, 0.15) is 23.5 Å². The van der Waals surface area contributed by atoms with E-state index in [1.807, 2.05) is 24.4 Å². The topological polar surface area (TPSA) is 57.8 Å². The molecule has 102 valence electrons. The Morgan fingerprint density at radius 1 is 1.19 bits per heavy atom. The summed E-state index contributed by atoms with van der Waals surface area (Å²) < 4.78 is 0. The van der Waals surface area contributed by atoms with Crippen molar-refractivity contribution in [2.45, 2.75) is 17.8 Å². The zero-order chi connectivity index (χ0) is 14.0. The lowest BCUT2D eigenvalue weighted by molar-refractivity contribution is -0.118. The van der Waals surface area contributed by atoms with E-state index in [4.69, 9.17) is 0 Å². The van der Waals surface area contributed by atoms with Gasteiger partial charge >= 0.3 is 0 Å². The fourth-order valence-electron chi connectivity index (χ4n) is 3.72. The maximum atomic E-state index is 12.5. The van der Waals surface area contributed by atoms with Crippen molar-refractivity contribution in [2.75, 3.05) is 5.32 Å². The fraction of sp³-hybridized carbons (Fsp3) is 0.176. The van der Waals surface area contributed by atoms with Gasteiger partial charge in [0.05, 0.1) is 17.1 Å². The number of carbonyl (C=O) groups excluding carboxylic acids is 1. The lowest BCUT2D eigenvalue weighted by Crippen LogP contribution is -2.20. The number of aromatic nitrogens is 2. The summed E-state index contributed by atoms with van der Waals surface area (Å²) in [7, 11) is 0. The zero-order valence-electron chi connectivity index (χ0n) is 11.3. The van der Waals surface area contributed by atoms with E-state index in [1.165, 1.54) is 5.56 Å². The standard InChI is InChI=1S/C17H13N3O/c21-16-17(12-3-1-2-4-14(12)19-16)8-13(17)10-5-6-11-9-18-20-15(11)7-10/h1-7,9,13H,8H2,(H,18,20)(H,19,21)/t13-,17+/m1/s1. The van der Waals surface area contributed by atoms with Crippen LogP contribution >= 0.6 is 0 Å². The molecule has 0 radical (unpaired) electrons. The molecule has 1 aromatic heterocycles. The largest absolute Gasteiger partial charge is 0.325 e. The third-order valence-electron chi connectivity index (χ3n) is 4.89. The summed E-state index contributed by atoms with van der Waals surface area (Å²) in [4.78, 5) is 12.5. The van der Waals surface area contributed by atoms with Gasteiger partial charge in [0, 0.05) is 17.0 Å². The van der Waals surface area contributed by atoms with E-state index in [0.717, 1.165) is 28.6 Å². The molecule has 1 aliphatic carbocycles. The number of anilines is 1. The van der Waals surface area contributed by atoms with E-state index < -0.39 is 0 Å². The molecule has 21 heavy (non-hydrogen) atoms. The van der Waals surface area contributed by atoms with Crippen LogP contribution in [0.25, 0.3) is 10.9 Å². The highest BCUT2D eigenvalue weighted by Gasteiger charge is 2.64. The summed E-state index contributed by atoms with van der Waals surface area (Å²) >= 11 is 0. The van der Waals surface area contributed by atoms with Crippen LogP contribution in [0.5, 0.6) is 0 Å². The van der Waals surface area contributed by atoms with Gasteiger partial charge in [-0.15, -0.1) is 0 Å². The predicted octanol–water partition coefficient (Wildman–Crippen LogP) is 2.94. The Morgan fingerprint density at radius 2 is 2.10 bits per heavy atom. The minimum Gasteiger partial charge on any atom is -0.325 e. The summed E-state index contributed by atoms with van der Waals surface area (Å²) in [6, 6.07) is 14.3. The monoisotopic (exact) mass is 275 g/mol. The number of carbonyl (C=O) groups is 1. The van der Waals surface area contributed by atoms with Crippen LogP contribution in [0, 0.1) is 0 Å². The number of hydrogen-bond acceptors (Lipinski definition) is 2. The molecule has 1 fully saturated rings. The van der Waals surface area contributed by atoms with Gasteiger partial charge in [0.25, 0.3) is 0 Å². The Labute approximate surface area is 121 Å². The summed E-state index contributed by atoms with van der Waals surface area (Å²) in [5, 5.41) is 11.2. The quantitative estimate of drug-likeness (QED) is 0.717. The van der Waals surface area contributed by atoms with Crippen molar-refractivity contribution in [2.24, 2.45) is 0 Å². The van der Waals surface area contributed by atoms with Crippen LogP contribution in [0.3, 0.4) is 0 Å². The average Bonchev–Trinajstić information content (AvgIpc) is 2.97. The molecule has 2 atom stereocenters. The normalized spacial score (nSPS) is 26.1. The molecular formula is C17H13N3O.